The molecule has 64 heavy (non-hydrogen) atoms. The van der Waals surface area contributed by atoms with E-state index in [0.29, 0.717) is 5.82 Å². The Kier molecular flexibility index (Phi) is 8.37. The smallest absolute Gasteiger partial charge is 0.160 e. The Morgan fingerprint density at radius 2 is 0.875 bits per heavy atom. The van der Waals surface area contributed by atoms with Crippen molar-refractivity contribution in [3.05, 3.63) is 247 Å². The molecule has 0 amide bonds. The van der Waals surface area contributed by atoms with Gasteiger partial charge in [-0.25, -0.2) is 15.0 Å². The Morgan fingerprint density at radius 1 is 0.344 bits per heavy atom. The normalized spacial score (nSPS) is 13.1. The molecule has 11 aromatic rings. The number of para-hydroxylation sites is 1. The molecule has 13 rings (SSSR count). The van der Waals surface area contributed by atoms with Crippen molar-refractivity contribution >= 4 is 33.4 Å². The quantitative estimate of drug-likeness (QED) is 0.162. The minimum absolute atomic E-state index is 0.548. The molecule has 0 N–H and O–H groups in total. The third-order valence-corrected chi connectivity index (χ3v) is 14.3. The van der Waals surface area contributed by atoms with Gasteiger partial charge in [0.1, 0.15) is 0 Å². The third kappa shape index (κ3) is 5.52. The molecule has 0 atom stereocenters. The van der Waals surface area contributed by atoms with Gasteiger partial charge in [-0.2, -0.15) is 0 Å². The van der Waals surface area contributed by atoms with E-state index in [1.165, 1.54) is 54.1 Å². The van der Waals surface area contributed by atoms with Crippen LogP contribution in [0.1, 0.15) is 22.3 Å². The molecule has 3 nitrogen and oxygen atoms in total. The van der Waals surface area contributed by atoms with E-state index in [0.717, 1.165) is 61.2 Å². The van der Waals surface area contributed by atoms with Crippen molar-refractivity contribution in [1.82, 2.24) is 15.0 Å². The maximum absolute atomic E-state index is 5.39. The first-order valence-electron chi connectivity index (χ1n) is 21.8. The first-order chi connectivity index (χ1) is 31.7. The molecule has 0 saturated carbocycles. The highest BCUT2D eigenvalue weighted by Crippen LogP contribution is 2.65. The fourth-order valence-corrected chi connectivity index (χ4v) is 11.6. The van der Waals surface area contributed by atoms with Gasteiger partial charge in [0.05, 0.1) is 28.0 Å². The van der Waals surface area contributed by atoms with Crippen LogP contribution in [-0.2, 0) is 5.41 Å². The van der Waals surface area contributed by atoms with E-state index in [-0.39, 0.29) is 0 Å². The van der Waals surface area contributed by atoms with Crippen molar-refractivity contribution in [2.45, 2.75) is 15.2 Å². The molecule has 2 aromatic heterocycles. The van der Waals surface area contributed by atoms with Crippen molar-refractivity contribution in [2.24, 2.45) is 0 Å². The first kappa shape index (κ1) is 36.7. The van der Waals surface area contributed by atoms with Crippen LogP contribution >= 0.6 is 11.8 Å². The van der Waals surface area contributed by atoms with Gasteiger partial charge in [0.2, 0.25) is 0 Å². The van der Waals surface area contributed by atoms with Gasteiger partial charge in [0.25, 0.3) is 0 Å². The zero-order chi connectivity index (χ0) is 42.2. The Hall–Kier alpha value is -7.92. The molecule has 9 aromatic carbocycles. The van der Waals surface area contributed by atoms with Crippen LogP contribution in [0.4, 0.5) is 0 Å². The summed E-state index contributed by atoms with van der Waals surface area (Å²) in [5, 5.41) is 3.54. The molecule has 0 saturated heterocycles. The maximum Gasteiger partial charge on any atom is 0.160 e. The minimum Gasteiger partial charge on any atom is -0.247 e. The van der Waals surface area contributed by atoms with Crippen LogP contribution in [0.2, 0.25) is 0 Å². The lowest BCUT2D eigenvalue weighted by atomic mass is 9.67. The van der Waals surface area contributed by atoms with Crippen molar-refractivity contribution < 1.29 is 0 Å². The highest BCUT2D eigenvalue weighted by atomic mass is 32.2. The van der Waals surface area contributed by atoms with Crippen LogP contribution in [0, 0.1) is 0 Å². The second-order valence-electron chi connectivity index (χ2n) is 16.6. The summed E-state index contributed by atoms with van der Waals surface area (Å²) in [5.74, 6) is 0.707. The second kappa shape index (κ2) is 14.6. The van der Waals surface area contributed by atoms with E-state index in [1.54, 1.807) is 0 Å². The average molecular weight is 832 g/mol. The molecule has 1 aliphatic carbocycles. The van der Waals surface area contributed by atoms with E-state index in [9.17, 15) is 0 Å². The molecule has 0 bridgehead atoms. The molecule has 0 fully saturated rings. The largest absolute Gasteiger partial charge is 0.247 e. The fraction of sp³-hybridized carbons (Fsp3) is 0.0167. The standard InChI is InChI=1S/C60H37N3S/c1-4-17-39(18-5-1)51-37-52(63-59(62-51)42-21-8-3-9-22-42)40-33-31-38(32-34-40)43-24-16-27-48-56(43)57-49(60(48)46-25-11-14-29-53(46)64-54-30-15-12-26-47(54)60)36-35-45-55(57)44-23-10-13-28-50(44)61-58(45)41-19-6-2-7-20-41/h1-37H. The molecule has 2 aliphatic rings. The first-order valence-corrected chi connectivity index (χ1v) is 22.6. The topological polar surface area (TPSA) is 38.7 Å². The van der Waals surface area contributed by atoms with Crippen LogP contribution in [-0.4, -0.2) is 15.0 Å². The highest BCUT2D eigenvalue weighted by molar-refractivity contribution is 7.99. The van der Waals surface area contributed by atoms with Gasteiger partial charge in [0.15, 0.2) is 5.82 Å². The van der Waals surface area contributed by atoms with E-state index in [4.69, 9.17) is 15.0 Å². The van der Waals surface area contributed by atoms with Gasteiger partial charge in [-0.3, -0.25) is 0 Å². The molecule has 4 heteroatoms. The molecular weight excluding hydrogens is 795 g/mol. The maximum atomic E-state index is 5.39. The van der Waals surface area contributed by atoms with E-state index >= 15 is 0 Å². The lowest BCUT2D eigenvalue weighted by Crippen LogP contribution is -2.31. The monoisotopic (exact) mass is 831 g/mol. The van der Waals surface area contributed by atoms with Gasteiger partial charge in [-0.1, -0.05) is 212 Å². The molecule has 298 valence electrons. The van der Waals surface area contributed by atoms with Gasteiger partial charge in [-0.05, 0) is 68.8 Å². The number of rotatable bonds is 5. The fourth-order valence-electron chi connectivity index (χ4n) is 10.4. The zero-order valence-electron chi connectivity index (χ0n) is 34.6. The molecule has 1 spiro atoms. The average Bonchev–Trinajstić information content (AvgIpc) is 3.67. The van der Waals surface area contributed by atoms with Crippen molar-refractivity contribution in [1.29, 1.82) is 0 Å². The van der Waals surface area contributed by atoms with Gasteiger partial charge < -0.3 is 0 Å². The molecule has 3 heterocycles. The Morgan fingerprint density at radius 3 is 1.56 bits per heavy atom. The molecule has 0 radical (unpaired) electrons. The highest BCUT2D eigenvalue weighted by Gasteiger charge is 2.51. The number of fused-ring (bicyclic) bond motifs is 13. The third-order valence-electron chi connectivity index (χ3n) is 13.2. The van der Waals surface area contributed by atoms with Crippen molar-refractivity contribution in [3.63, 3.8) is 0 Å². The van der Waals surface area contributed by atoms with Gasteiger partial charge in [0, 0.05) is 48.2 Å². The van der Waals surface area contributed by atoms with E-state index in [1.807, 2.05) is 36.0 Å². The van der Waals surface area contributed by atoms with Crippen molar-refractivity contribution in [2.75, 3.05) is 0 Å². The summed E-state index contributed by atoms with van der Waals surface area (Å²) in [4.78, 5) is 18.2. The number of aromatic nitrogens is 3. The van der Waals surface area contributed by atoms with Crippen LogP contribution in [0.15, 0.2) is 234 Å². The molecule has 1 aliphatic heterocycles. The summed E-state index contributed by atoms with van der Waals surface area (Å²) in [6.45, 7) is 0. The van der Waals surface area contributed by atoms with Crippen molar-refractivity contribution in [3.8, 4) is 67.4 Å². The lowest BCUT2D eigenvalue weighted by molar-refractivity contribution is 0.723. The number of pyridine rings is 1. The summed E-state index contributed by atoms with van der Waals surface area (Å²) < 4.78 is 0. The second-order valence-corrected chi connectivity index (χ2v) is 17.7. The van der Waals surface area contributed by atoms with Gasteiger partial charge in [-0.15, -0.1) is 0 Å². The number of benzene rings is 9. The van der Waals surface area contributed by atoms with Gasteiger partial charge >= 0.3 is 0 Å². The van der Waals surface area contributed by atoms with Crippen LogP contribution in [0.25, 0.3) is 89.1 Å². The number of hydrogen-bond acceptors (Lipinski definition) is 4. The molecular formula is C60H37N3S. The van der Waals surface area contributed by atoms with E-state index < -0.39 is 5.41 Å². The Bertz CT molecular complexity index is 3520. The minimum atomic E-state index is -0.548. The predicted octanol–water partition coefficient (Wildman–Crippen LogP) is 15.3. The van der Waals surface area contributed by atoms with Crippen LogP contribution < -0.4 is 0 Å². The van der Waals surface area contributed by atoms with Crippen LogP contribution in [0.5, 0.6) is 0 Å². The SMILES string of the molecule is c1ccc(-c2cc(-c3ccc(-c4cccc5c4-c4c(ccc6c(-c7ccccc7)nc7ccccc7c46)C54c5ccccc5Sc5ccccc54)cc3)nc(-c3ccccc3)n2)cc1. The zero-order valence-corrected chi connectivity index (χ0v) is 35.4. The summed E-state index contributed by atoms with van der Waals surface area (Å²) in [7, 11) is 0. The Labute approximate surface area is 375 Å². The van der Waals surface area contributed by atoms with E-state index in [2.05, 4.69) is 200 Å². The number of nitrogens with zero attached hydrogens (tertiary/aromatic N) is 3. The predicted molar refractivity (Wildman–Crippen MR) is 263 cm³/mol. The summed E-state index contributed by atoms with van der Waals surface area (Å²) in [5.41, 5.74) is 17.5. The Balaban J connectivity index is 1.09. The number of hydrogen-bond donors (Lipinski definition) is 0. The molecule has 0 unspecified atom stereocenters. The lowest BCUT2D eigenvalue weighted by Gasteiger charge is -2.39. The van der Waals surface area contributed by atoms with Crippen LogP contribution in [0.3, 0.4) is 0 Å². The summed E-state index contributed by atoms with van der Waals surface area (Å²) in [6, 6.07) is 80.9. The summed E-state index contributed by atoms with van der Waals surface area (Å²) >= 11 is 1.88. The summed E-state index contributed by atoms with van der Waals surface area (Å²) in [6.07, 6.45) is 0.